The number of piperidine rings is 1. The molecule has 0 saturated carbocycles. The lowest BCUT2D eigenvalue weighted by Crippen LogP contribution is -2.37. The minimum Gasteiger partial charge on any atom is -0.296 e. The highest BCUT2D eigenvalue weighted by atomic mass is 19.1. The van der Waals surface area contributed by atoms with Gasteiger partial charge in [0.1, 0.15) is 18.8 Å². The van der Waals surface area contributed by atoms with E-state index in [0.717, 1.165) is 38.4 Å². The van der Waals surface area contributed by atoms with E-state index in [1.165, 1.54) is 12.7 Å². The molecule has 0 aliphatic carbocycles. The van der Waals surface area contributed by atoms with Crippen LogP contribution in [-0.4, -0.2) is 54.4 Å². The number of halogens is 1. The molecule has 2 aromatic heterocycles. The average Bonchev–Trinajstić information content (AvgIpc) is 3.13. The maximum Gasteiger partial charge on any atom is 0.141 e. The lowest BCUT2D eigenvalue weighted by Gasteiger charge is -2.32. The summed E-state index contributed by atoms with van der Waals surface area (Å²) in [5.74, 6) is 1.41. The number of aryl methyl sites for hydroxylation is 1. The van der Waals surface area contributed by atoms with E-state index >= 15 is 0 Å². The van der Waals surface area contributed by atoms with Crippen molar-refractivity contribution in [3.63, 3.8) is 0 Å². The Hall–Kier alpha value is -1.83. The molecule has 114 valence electrons. The van der Waals surface area contributed by atoms with Crippen LogP contribution < -0.4 is 0 Å². The molecule has 0 bridgehead atoms. The van der Waals surface area contributed by atoms with Crippen LogP contribution in [0.15, 0.2) is 18.7 Å². The molecule has 2 aromatic rings. The summed E-state index contributed by atoms with van der Waals surface area (Å²) in [5.41, 5.74) is 0. The van der Waals surface area contributed by atoms with Crippen LogP contribution in [0.2, 0.25) is 0 Å². The van der Waals surface area contributed by atoms with Crippen LogP contribution in [0.5, 0.6) is 0 Å². The van der Waals surface area contributed by atoms with E-state index in [4.69, 9.17) is 0 Å². The van der Waals surface area contributed by atoms with Gasteiger partial charge in [-0.15, -0.1) is 5.10 Å². The second-order valence-electron chi connectivity index (χ2n) is 5.46. The molecular formula is C13H20FN7. The Bertz CT molecular complexity index is 538. The summed E-state index contributed by atoms with van der Waals surface area (Å²) in [6, 6.07) is 0. The molecule has 0 radical (unpaired) electrons. The second-order valence-corrected chi connectivity index (χ2v) is 5.46. The Labute approximate surface area is 122 Å². The summed E-state index contributed by atoms with van der Waals surface area (Å²) >= 11 is 0. The molecule has 7 nitrogen and oxygen atoms in total. The van der Waals surface area contributed by atoms with Crippen molar-refractivity contribution < 1.29 is 4.39 Å². The molecule has 0 aromatic carbocycles. The molecule has 0 spiro atoms. The Morgan fingerprint density at radius 2 is 2.33 bits per heavy atom. The first kappa shape index (κ1) is 14.1. The normalized spacial score (nSPS) is 20.0. The van der Waals surface area contributed by atoms with E-state index < -0.39 is 6.67 Å². The van der Waals surface area contributed by atoms with Crippen LogP contribution >= 0.6 is 0 Å². The minimum absolute atomic E-state index is 0.283. The van der Waals surface area contributed by atoms with Crippen molar-refractivity contribution in [1.82, 2.24) is 34.7 Å². The third-order valence-electron chi connectivity index (χ3n) is 3.88. The molecule has 1 fully saturated rings. The Kier molecular flexibility index (Phi) is 4.54. The van der Waals surface area contributed by atoms with Crippen LogP contribution in [0.25, 0.3) is 0 Å². The lowest BCUT2D eigenvalue weighted by atomic mass is 9.98. The highest BCUT2D eigenvalue weighted by molar-refractivity contribution is 4.86. The maximum absolute atomic E-state index is 12.5. The van der Waals surface area contributed by atoms with Gasteiger partial charge in [-0.25, -0.2) is 14.1 Å². The summed E-state index contributed by atoms with van der Waals surface area (Å²) in [6.45, 7) is 3.55. The van der Waals surface area contributed by atoms with Crippen LogP contribution in [-0.2, 0) is 19.6 Å². The van der Waals surface area contributed by atoms with Gasteiger partial charge < -0.3 is 0 Å². The maximum atomic E-state index is 12.5. The molecule has 8 heteroatoms. The highest BCUT2D eigenvalue weighted by Crippen LogP contribution is 2.19. The molecule has 1 saturated heterocycles. The number of alkyl halides is 1. The molecule has 3 rings (SSSR count). The van der Waals surface area contributed by atoms with Crippen molar-refractivity contribution in [1.29, 1.82) is 0 Å². The quantitative estimate of drug-likeness (QED) is 0.786. The van der Waals surface area contributed by atoms with Crippen LogP contribution in [0.1, 0.15) is 18.7 Å². The zero-order chi connectivity index (χ0) is 14.5. The fraction of sp³-hybridized carbons (Fsp3) is 0.692. The van der Waals surface area contributed by atoms with Crippen LogP contribution in [0.4, 0.5) is 4.39 Å². The Morgan fingerprint density at radius 3 is 3.14 bits per heavy atom. The zero-order valence-corrected chi connectivity index (χ0v) is 12.0. The van der Waals surface area contributed by atoms with Gasteiger partial charge in [-0.1, -0.05) is 5.21 Å². The number of likely N-dealkylation sites (tertiary alicyclic amines) is 1. The third kappa shape index (κ3) is 3.63. The number of hydrogen-bond donors (Lipinski definition) is 0. The van der Waals surface area contributed by atoms with Crippen molar-refractivity contribution in [2.45, 2.75) is 32.5 Å². The van der Waals surface area contributed by atoms with Gasteiger partial charge in [-0.05, 0) is 25.3 Å². The number of rotatable bonds is 6. The molecular weight excluding hydrogens is 273 g/mol. The van der Waals surface area contributed by atoms with Gasteiger partial charge in [0.15, 0.2) is 0 Å². The van der Waals surface area contributed by atoms with Gasteiger partial charge in [0, 0.05) is 19.3 Å². The van der Waals surface area contributed by atoms with E-state index in [1.54, 1.807) is 10.9 Å². The summed E-state index contributed by atoms with van der Waals surface area (Å²) < 4.78 is 16.0. The first-order valence-corrected chi connectivity index (χ1v) is 7.34. The number of hydrogen-bond acceptors (Lipinski definition) is 5. The summed E-state index contributed by atoms with van der Waals surface area (Å²) in [5, 5.41) is 11.9. The fourth-order valence-electron chi connectivity index (χ4n) is 2.92. The highest BCUT2D eigenvalue weighted by Gasteiger charge is 2.22. The van der Waals surface area contributed by atoms with E-state index in [9.17, 15) is 4.39 Å². The molecule has 1 aliphatic heterocycles. The molecule has 0 N–H and O–H groups in total. The smallest absolute Gasteiger partial charge is 0.141 e. The predicted molar refractivity (Wildman–Crippen MR) is 74.0 cm³/mol. The zero-order valence-electron chi connectivity index (χ0n) is 12.0. The summed E-state index contributed by atoms with van der Waals surface area (Å²) in [4.78, 5) is 6.61. The van der Waals surface area contributed by atoms with Gasteiger partial charge in [0.25, 0.3) is 0 Å². The van der Waals surface area contributed by atoms with E-state index in [2.05, 4.69) is 25.3 Å². The third-order valence-corrected chi connectivity index (χ3v) is 3.88. The molecule has 3 heterocycles. The van der Waals surface area contributed by atoms with Crippen molar-refractivity contribution in [2.24, 2.45) is 5.92 Å². The van der Waals surface area contributed by atoms with Crippen molar-refractivity contribution >= 4 is 0 Å². The number of aromatic nitrogens is 6. The van der Waals surface area contributed by atoms with Gasteiger partial charge in [-0.3, -0.25) is 9.58 Å². The summed E-state index contributed by atoms with van der Waals surface area (Å²) in [6.07, 6.45) is 7.48. The molecule has 0 unspecified atom stereocenters. The molecule has 21 heavy (non-hydrogen) atoms. The van der Waals surface area contributed by atoms with E-state index in [-0.39, 0.29) is 6.54 Å². The number of nitrogens with zero attached hydrogens (tertiary/aromatic N) is 7. The van der Waals surface area contributed by atoms with Crippen molar-refractivity contribution in [3.05, 3.63) is 24.5 Å². The van der Waals surface area contributed by atoms with Gasteiger partial charge in [-0.2, -0.15) is 5.10 Å². The topological polar surface area (TPSA) is 64.7 Å². The SMILES string of the molecule is FCCn1ncnc1CN1CCC[C@H](Cn2ccnn2)C1. The molecule has 1 atom stereocenters. The lowest BCUT2D eigenvalue weighted by molar-refractivity contribution is 0.147. The van der Waals surface area contributed by atoms with E-state index in [1.807, 2.05) is 10.9 Å². The Morgan fingerprint density at radius 1 is 1.38 bits per heavy atom. The Balaban J connectivity index is 1.57. The van der Waals surface area contributed by atoms with Gasteiger partial charge in [0.05, 0.1) is 19.3 Å². The average molecular weight is 293 g/mol. The van der Waals surface area contributed by atoms with Crippen molar-refractivity contribution in [2.75, 3.05) is 19.8 Å². The van der Waals surface area contributed by atoms with Crippen LogP contribution in [0, 0.1) is 5.92 Å². The monoisotopic (exact) mass is 293 g/mol. The van der Waals surface area contributed by atoms with Gasteiger partial charge >= 0.3 is 0 Å². The largest absolute Gasteiger partial charge is 0.296 e. The first-order chi connectivity index (χ1) is 10.3. The minimum atomic E-state index is -0.411. The fourth-order valence-corrected chi connectivity index (χ4v) is 2.92. The molecule has 1 aliphatic rings. The first-order valence-electron chi connectivity index (χ1n) is 7.34. The predicted octanol–water partition coefficient (Wildman–Crippen LogP) is 0.751. The second kappa shape index (κ2) is 6.75. The summed E-state index contributed by atoms with van der Waals surface area (Å²) in [7, 11) is 0. The van der Waals surface area contributed by atoms with E-state index in [0.29, 0.717) is 5.92 Å². The van der Waals surface area contributed by atoms with Gasteiger partial charge in [0.2, 0.25) is 0 Å². The van der Waals surface area contributed by atoms with Crippen LogP contribution in [0.3, 0.4) is 0 Å². The molecule has 0 amide bonds. The van der Waals surface area contributed by atoms with Crippen molar-refractivity contribution in [3.8, 4) is 0 Å². The standard InChI is InChI=1S/C13H20FN7/c14-3-6-21-13(15-11-17-21)10-19-5-1-2-12(8-19)9-20-7-4-16-18-20/h4,7,11-12H,1-3,5-6,8-10H2/t12-/m0/s1.